The Morgan fingerprint density at radius 1 is 1.65 bits per heavy atom. The Morgan fingerprint density at radius 3 is 3.06 bits per heavy atom. The molecule has 0 saturated carbocycles. The quantitative estimate of drug-likeness (QED) is 0.856. The van der Waals surface area contributed by atoms with E-state index in [2.05, 4.69) is 17.3 Å². The van der Waals surface area contributed by atoms with Crippen LogP contribution < -0.4 is 5.32 Å². The molecular formula is C13H21N3O. The molecule has 1 aliphatic heterocycles. The average molecular weight is 235 g/mol. The molecule has 1 aromatic heterocycles. The lowest BCUT2D eigenvalue weighted by Crippen LogP contribution is -2.43. The Balaban J connectivity index is 1.88. The molecule has 1 unspecified atom stereocenters. The van der Waals surface area contributed by atoms with Crippen LogP contribution >= 0.6 is 0 Å². The van der Waals surface area contributed by atoms with E-state index in [0.29, 0.717) is 12.2 Å². The summed E-state index contributed by atoms with van der Waals surface area (Å²) in [5.74, 6) is 0.383. The van der Waals surface area contributed by atoms with Crippen LogP contribution in [0.5, 0.6) is 0 Å². The molecule has 2 rings (SSSR count). The van der Waals surface area contributed by atoms with E-state index in [4.69, 9.17) is 0 Å². The molecule has 1 aromatic rings. The largest absolute Gasteiger partial charge is 0.316 e. The fraction of sp³-hybridized carbons (Fsp3) is 0.692. The van der Waals surface area contributed by atoms with Crippen molar-refractivity contribution in [1.29, 1.82) is 0 Å². The van der Waals surface area contributed by atoms with E-state index >= 15 is 0 Å². The van der Waals surface area contributed by atoms with Crippen LogP contribution in [0.25, 0.3) is 0 Å². The van der Waals surface area contributed by atoms with Gasteiger partial charge in [0.25, 0.3) is 0 Å². The van der Waals surface area contributed by atoms with Crippen LogP contribution in [0, 0.1) is 5.41 Å². The first-order valence-corrected chi connectivity index (χ1v) is 6.32. The number of carbonyl (C=O) groups is 1. The smallest absolute Gasteiger partial charge is 0.140 e. The monoisotopic (exact) mass is 235 g/mol. The van der Waals surface area contributed by atoms with Crippen molar-refractivity contribution in [1.82, 2.24) is 15.1 Å². The Labute approximate surface area is 102 Å². The fourth-order valence-electron chi connectivity index (χ4n) is 2.45. The summed E-state index contributed by atoms with van der Waals surface area (Å²) >= 11 is 0. The Hall–Kier alpha value is -1.16. The van der Waals surface area contributed by atoms with Crippen molar-refractivity contribution < 1.29 is 4.79 Å². The zero-order valence-electron chi connectivity index (χ0n) is 10.7. The molecule has 1 saturated heterocycles. The molecule has 1 fully saturated rings. The van der Waals surface area contributed by atoms with E-state index in [1.165, 1.54) is 0 Å². The molecule has 0 aromatic carbocycles. The lowest BCUT2D eigenvalue weighted by molar-refractivity contribution is -0.128. The van der Waals surface area contributed by atoms with Gasteiger partial charge in [-0.3, -0.25) is 9.48 Å². The highest BCUT2D eigenvalue weighted by Crippen LogP contribution is 2.28. The highest BCUT2D eigenvalue weighted by Gasteiger charge is 2.33. The molecule has 0 aliphatic carbocycles. The van der Waals surface area contributed by atoms with Crippen LogP contribution in [-0.4, -0.2) is 28.7 Å². The number of aryl methyl sites for hydroxylation is 2. The van der Waals surface area contributed by atoms with E-state index < -0.39 is 0 Å². The predicted molar refractivity (Wildman–Crippen MR) is 66.7 cm³/mol. The van der Waals surface area contributed by atoms with Gasteiger partial charge in [-0.25, -0.2) is 0 Å². The van der Waals surface area contributed by atoms with Crippen molar-refractivity contribution in [3.05, 3.63) is 18.0 Å². The summed E-state index contributed by atoms with van der Waals surface area (Å²) in [5.41, 5.74) is 0.994. The van der Waals surface area contributed by atoms with E-state index in [-0.39, 0.29) is 5.41 Å². The predicted octanol–water partition coefficient (Wildman–Crippen LogP) is 1.31. The fourth-order valence-corrected chi connectivity index (χ4v) is 2.45. The number of carbonyl (C=O) groups excluding carboxylic acids is 1. The van der Waals surface area contributed by atoms with Gasteiger partial charge >= 0.3 is 0 Å². The van der Waals surface area contributed by atoms with Gasteiger partial charge in [-0.05, 0) is 31.4 Å². The van der Waals surface area contributed by atoms with Gasteiger partial charge in [-0.15, -0.1) is 0 Å². The van der Waals surface area contributed by atoms with Crippen molar-refractivity contribution >= 4 is 5.78 Å². The number of nitrogens with zero attached hydrogens (tertiary/aromatic N) is 2. The summed E-state index contributed by atoms with van der Waals surface area (Å²) in [6.45, 7) is 3.97. The molecule has 1 N–H and O–H groups in total. The normalized spacial score (nSPS) is 24.8. The Kier molecular flexibility index (Phi) is 3.62. The van der Waals surface area contributed by atoms with Crippen LogP contribution in [0.15, 0.2) is 12.4 Å². The summed E-state index contributed by atoms with van der Waals surface area (Å²) in [6.07, 6.45) is 7.39. The molecular weight excluding hydrogens is 214 g/mol. The third kappa shape index (κ3) is 2.94. The second-order valence-electron chi connectivity index (χ2n) is 5.29. The van der Waals surface area contributed by atoms with Gasteiger partial charge in [-0.2, -0.15) is 5.10 Å². The van der Waals surface area contributed by atoms with Crippen LogP contribution in [0.1, 0.15) is 31.7 Å². The lowest BCUT2D eigenvalue weighted by Gasteiger charge is -2.32. The number of ketones is 1. The first-order chi connectivity index (χ1) is 8.10. The van der Waals surface area contributed by atoms with E-state index in [1.54, 1.807) is 4.68 Å². The zero-order valence-corrected chi connectivity index (χ0v) is 10.7. The van der Waals surface area contributed by atoms with E-state index in [9.17, 15) is 4.79 Å². The summed E-state index contributed by atoms with van der Waals surface area (Å²) in [7, 11) is 1.90. The van der Waals surface area contributed by atoms with Gasteiger partial charge in [0.05, 0.1) is 6.20 Å². The second kappa shape index (κ2) is 5.00. The van der Waals surface area contributed by atoms with Crippen LogP contribution in [0.4, 0.5) is 0 Å². The van der Waals surface area contributed by atoms with Crippen molar-refractivity contribution in [2.24, 2.45) is 12.5 Å². The molecule has 1 atom stereocenters. The van der Waals surface area contributed by atoms with Crippen LogP contribution in [0.2, 0.25) is 0 Å². The minimum Gasteiger partial charge on any atom is -0.316 e. The number of piperidine rings is 1. The number of hydrogen-bond acceptors (Lipinski definition) is 3. The molecule has 0 spiro atoms. The highest BCUT2D eigenvalue weighted by atomic mass is 16.1. The minimum absolute atomic E-state index is 0.152. The maximum absolute atomic E-state index is 12.2. The van der Waals surface area contributed by atoms with Gasteiger partial charge in [0, 0.05) is 31.6 Å². The molecule has 1 aliphatic rings. The van der Waals surface area contributed by atoms with Gasteiger partial charge in [0.15, 0.2) is 0 Å². The third-order valence-electron chi connectivity index (χ3n) is 3.67. The van der Waals surface area contributed by atoms with Crippen LogP contribution in [0.3, 0.4) is 0 Å². The minimum atomic E-state index is -0.152. The van der Waals surface area contributed by atoms with Crippen molar-refractivity contribution in [3.63, 3.8) is 0 Å². The van der Waals surface area contributed by atoms with Crippen LogP contribution in [-0.2, 0) is 18.3 Å². The topological polar surface area (TPSA) is 46.9 Å². The molecule has 4 heteroatoms. The molecule has 2 heterocycles. The third-order valence-corrected chi connectivity index (χ3v) is 3.67. The summed E-state index contributed by atoms with van der Waals surface area (Å²) in [4.78, 5) is 12.2. The maximum Gasteiger partial charge on any atom is 0.140 e. The van der Waals surface area contributed by atoms with Crippen molar-refractivity contribution in [3.8, 4) is 0 Å². The molecule has 0 amide bonds. The number of aromatic nitrogens is 2. The van der Waals surface area contributed by atoms with Gasteiger partial charge in [-0.1, -0.05) is 6.92 Å². The average Bonchev–Trinajstić information content (AvgIpc) is 2.73. The first-order valence-electron chi connectivity index (χ1n) is 6.32. The molecule has 0 radical (unpaired) electrons. The zero-order chi connectivity index (χ0) is 12.3. The Morgan fingerprint density at radius 2 is 2.47 bits per heavy atom. The standard InChI is InChI=1S/C13H21N3O/c1-13(6-3-7-14-10-13)12(17)5-4-11-8-15-16(2)9-11/h8-9,14H,3-7,10H2,1-2H3. The molecule has 0 bridgehead atoms. The molecule has 17 heavy (non-hydrogen) atoms. The number of nitrogens with one attached hydrogen (secondary N) is 1. The molecule has 94 valence electrons. The number of hydrogen-bond donors (Lipinski definition) is 1. The van der Waals surface area contributed by atoms with Gasteiger partial charge in [0.2, 0.25) is 0 Å². The second-order valence-corrected chi connectivity index (χ2v) is 5.29. The SMILES string of the molecule is Cn1cc(CCC(=O)C2(C)CCCNC2)cn1. The first kappa shape index (κ1) is 12.3. The maximum atomic E-state index is 12.2. The Bertz CT molecular complexity index is 391. The van der Waals surface area contributed by atoms with E-state index in [1.807, 2.05) is 19.4 Å². The number of Topliss-reactive ketones (excluding diaryl/α,β-unsaturated/α-hetero) is 1. The summed E-state index contributed by atoms with van der Waals surface area (Å²) in [5, 5.41) is 7.44. The summed E-state index contributed by atoms with van der Waals surface area (Å²) in [6, 6.07) is 0. The van der Waals surface area contributed by atoms with Gasteiger partial charge in [0.1, 0.15) is 5.78 Å². The van der Waals surface area contributed by atoms with E-state index in [0.717, 1.165) is 37.9 Å². The highest BCUT2D eigenvalue weighted by molar-refractivity contribution is 5.85. The van der Waals surface area contributed by atoms with Crippen molar-refractivity contribution in [2.45, 2.75) is 32.6 Å². The van der Waals surface area contributed by atoms with Crippen molar-refractivity contribution in [2.75, 3.05) is 13.1 Å². The number of rotatable bonds is 4. The van der Waals surface area contributed by atoms with Gasteiger partial charge < -0.3 is 5.32 Å². The lowest BCUT2D eigenvalue weighted by atomic mass is 9.77. The molecule has 4 nitrogen and oxygen atoms in total. The summed E-state index contributed by atoms with van der Waals surface area (Å²) < 4.78 is 1.78.